The fourth-order valence-corrected chi connectivity index (χ4v) is 4.18. The van der Waals surface area contributed by atoms with Crippen molar-refractivity contribution < 1.29 is 4.74 Å². The fraction of sp³-hybridized carbons (Fsp3) is 0. The Hall–Kier alpha value is -3.15. The van der Waals surface area contributed by atoms with Gasteiger partial charge in [0.25, 0.3) is 5.56 Å². The Morgan fingerprint density at radius 3 is 2.64 bits per heavy atom. The van der Waals surface area contributed by atoms with Crippen LogP contribution < -0.4 is 14.8 Å². The number of fused-ring (bicyclic) bond motifs is 3. The maximum Gasteiger partial charge on any atom is 0.274 e. The van der Waals surface area contributed by atoms with E-state index in [0.29, 0.717) is 26.0 Å². The van der Waals surface area contributed by atoms with Crippen LogP contribution >= 0.6 is 22.9 Å². The van der Waals surface area contributed by atoms with E-state index < -0.39 is 0 Å². The van der Waals surface area contributed by atoms with Crippen molar-refractivity contribution >= 4 is 45.0 Å². The summed E-state index contributed by atoms with van der Waals surface area (Å²) in [6.07, 6.45) is 1.87. The predicted octanol–water partition coefficient (Wildman–Crippen LogP) is 4.90. The second kappa shape index (κ2) is 6.78. The van der Waals surface area contributed by atoms with Gasteiger partial charge in [-0.2, -0.15) is 0 Å². The van der Waals surface area contributed by atoms with Gasteiger partial charge in [-0.15, -0.1) is 0 Å². The standard InChI is InChI=1S/C22H13ClN2O2S/c23-15-8-10-16(11-9-15)27-17-5-3-4-14(12-17)13-20-21(26)25-19-7-2-1-6-18(19)24-22(25)28-20/h1-13H/b20-13-. The number of benzene rings is 3. The van der Waals surface area contributed by atoms with Gasteiger partial charge in [0.15, 0.2) is 4.96 Å². The molecule has 0 radical (unpaired) electrons. The number of hydrogen-bond donors (Lipinski definition) is 0. The molecule has 0 spiro atoms. The van der Waals surface area contributed by atoms with E-state index in [1.54, 1.807) is 16.5 Å². The molecule has 5 rings (SSSR count). The molecule has 0 unspecified atom stereocenters. The molecule has 3 aromatic carbocycles. The molecule has 0 bridgehead atoms. The Kier molecular flexibility index (Phi) is 4.11. The molecule has 136 valence electrons. The van der Waals surface area contributed by atoms with Crippen LogP contribution in [0.1, 0.15) is 5.56 Å². The fourth-order valence-electron chi connectivity index (χ4n) is 3.07. The Balaban J connectivity index is 1.55. The van der Waals surface area contributed by atoms with Crippen LogP contribution in [0, 0.1) is 0 Å². The number of halogens is 1. The molecule has 0 aliphatic heterocycles. The first-order valence-electron chi connectivity index (χ1n) is 8.63. The number of nitrogens with zero attached hydrogens (tertiary/aromatic N) is 2. The Labute approximate surface area is 168 Å². The second-order valence-electron chi connectivity index (χ2n) is 6.26. The number of hydrogen-bond acceptors (Lipinski definition) is 4. The lowest BCUT2D eigenvalue weighted by Gasteiger charge is -2.06. The summed E-state index contributed by atoms with van der Waals surface area (Å²) < 4.78 is 8.18. The molecule has 0 aliphatic rings. The summed E-state index contributed by atoms with van der Waals surface area (Å²) in [7, 11) is 0. The summed E-state index contributed by atoms with van der Waals surface area (Å²) in [5.41, 5.74) is 2.49. The third kappa shape index (κ3) is 3.05. The number of para-hydroxylation sites is 2. The van der Waals surface area contributed by atoms with Gasteiger partial charge in [0.1, 0.15) is 11.5 Å². The lowest BCUT2D eigenvalue weighted by Crippen LogP contribution is -2.22. The summed E-state index contributed by atoms with van der Waals surface area (Å²) in [6, 6.07) is 22.4. The summed E-state index contributed by atoms with van der Waals surface area (Å²) in [5, 5.41) is 0.660. The average molecular weight is 405 g/mol. The first-order valence-corrected chi connectivity index (χ1v) is 9.82. The molecule has 4 nitrogen and oxygen atoms in total. The third-order valence-electron chi connectivity index (χ3n) is 4.35. The zero-order chi connectivity index (χ0) is 19.1. The molecule has 5 aromatic rings. The van der Waals surface area contributed by atoms with Crippen LogP contribution in [0.25, 0.3) is 22.1 Å². The molecule has 0 N–H and O–H groups in total. The number of thiazole rings is 1. The van der Waals surface area contributed by atoms with Crippen LogP contribution in [-0.4, -0.2) is 9.38 Å². The van der Waals surface area contributed by atoms with Crippen LogP contribution in [0.5, 0.6) is 11.5 Å². The van der Waals surface area contributed by atoms with E-state index in [-0.39, 0.29) is 5.56 Å². The van der Waals surface area contributed by atoms with E-state index in [4.69, 9.17) is 16.3 Å². The van der Waals surface area contributed by atoms with Crippen molar-refractivity contribution in [2.45, 2.75) is 0 Å². The maximum absolute atomic E-state index is 12.9. The Bertz CT molecular complexity index is 1420. The molecule has 2 aromatic heterocycles. The van der Waals surface area contributed by atoms with Crippen molar-refractivity contribution in [1.82, 2.24) is 9.38 Å². The number of rotatable bonds is 3. The van der Waals surface area contributed by atoms with Gasteiger partial charge in [-0.05, 0) is 60.2 Å². The largest absolute Gasteiger partial charge is 0.457 e. The van der Waals surface area contributed by atoms with Gasteiger partial charge in [0.05, 0.1) is 15.6 Å². The van der Waals surface area contributed by atoms with Gasteiger partial charge in [0, 0.05) is 5.02 Å². The van der Waals surface area contributed by atoms with Crippen molar-refractivity contribution in [3.05, 3.63) is 98.3 Å². The van der Waals surface area contributed by atoms with Gasteiger partial charge in [-0.1, -0.05) is 47.2 Å². The van der Waals surface area contributed by atoms with Crippen LogP contribution in [-0.2, 0) is 0 Å². The van der Waals surface area contributed by atoms with E-state index in [1.807, 2.05) is 66.7 Å². The van der Waals surface area contributed by atoms with Crippen molar-refractivity contribution in [2.24, 2.45) is 0 Å². The monoisotopic (exact) mass is 404 g/mol. The first kappa shape index (κ1) is 17.0. The first-order chi connectivity index (χ1) is 13.7. The van der Waals surface area contributed by atoms with E-state index in [1.165, 1.54) is 11.3 Å². The van der Waals surface area contributed by atoms with Crippen LogP contribution in [0.3, 0.4) is 0 Å². The normalized spacial score (nSPS) is 12.1. The summed E-state index contributed by atoms with van der Waals surface area (Å²) in [4.78, 5) is 18.1. The molecular formula is C22H13ClN2O2S. The molecule has 0 amide bonds. The van der Waals surface area contributed by atoms with Gasteiger partial charge in [-0.3, -0.25) is 4.79 Å². The minimum absolute atomic E-state index is 0.0577. The highest BCUT2D eigenvalue weighted by Crippen LogP contribution is 2.24. The van der Waals surface area contributed by atoms with Gasteiger partial charge >= 0.3 is 0 Å². The molecule has 0 fully saturated rings. The molecule has 28 heavy (non-hydrogen) atoms. The number of imidazole rings is 1. The van der Waals surface area contributed by atoms with E-state index in [2.05, 4.69) is 4.98 Å². The highest BCUT2D eigenvalue weighted by atomic mass is 35.5. The highest BCUT2D eigenvalue weighted by Gasteiger charge is 2.10. The predicted molar refractivity (Wildman–Crippen MR) is 114 cm³/mol. The maximum atomic E-state index is 12.9. The SMILES string of the molecule is O=c1/c(=C/c2cccc(Oc3ccc(Cl)cc3)c2)sc2nc3ccccc3n12. The third-order valence-corrected chi connectivity index (χ3v) is 5.57. The molecular weight excluding hydrogens is 392 g/mol. The lowest BCUT2D eigenvalue weighted by molar-refractivity contribution is 0.482. The molecule has 0 atom stereocenters. The lowest BCUT2D eigenvalue weighted by atomic mass is 10.2. The van der Waals surface area contributed by atoms with Gasteiger partial charge in [0.2, 0.25) is 0 Å². The number of ether oxygens (including phenoxy) is 1. The van der Waals surface area contributed by atoms with E-state index >= 15 is 0 Å². The summed E-state index contributed by atoms with van der Waals surface area (Å²) in [6.45, 7) is 0. The minimum atomic E-state index is -0.0577. The Morgan fingerprint density at radius 1 is 0.964 bits per heavy atom. The molecule has 0 saturated heterocycles. The van der Waals surface area contributed by atoms with Crippen molar-refractivity contribution in [3.8, 4) is 11.5 Å². The molecule has 2 heterocycles. The second-order valence-corrected chi connectivity index (χ2v) is 7.71. The summed E-state index contributed by atoms with van der Waals surface area (Å²) >= 11 is 7.29. The van der Waals surface area contributed by atoms with Crippen LogP contribution in [0.15, 0.2) is 77.6 Å². The van der Waals surface area contributed by atoms with Crippen LogP contribution in [0.4, 0.5) is 0 Å². The van der Waals surface area contributed by atoms with Gasteiger partial charge in [-0.25, -0.2) is 9.38 Å². The topological polar surface area (TPSA) is 43.6 Å². The van der Waals surface area contributed by atoms with E-state index in [9.17, 15) is 4.79 Å². The van der Waals surface area contributed by atoms with Crippen molar-refractivity contribution in [3.63, 3.8) is 0 Å². The van der Waals surface area contributed by atoms with Gasteiger partial charge < -0.3 is 4.74 Å². The molecule has 0 aliphatic carbocycles. The zero-order valence-electron chi connectivity index (χ0n) is 14.5. The molecule has 0 saturated carbocycles. The highest BCUT2D eigenvalue weighted by molar-refractivity contribution is 7.15. The number of aromatic nitrogens is 2. The smallest absolute Gasteiger partial charge is 0.274 e. The zero-order valence-corrected chi connectivity index (χ0v) is 16.1. The quantitative estimate of drug-likeness (QED) is 0.429. The van der Waals surface area contributed by atoms with Crippen LogP contribution in [0.2, 0.25) is 5.02 Å². The Morgan fingerprint density at radius 2 is 1.79 bits per heavy atom. The summed E-state index contributed by atoms with van der Waals surface area (Å²) in [5.74, 6) is 1.39. The average Bonchev–Trinajstić information content (AvgIpc) is 3.20. The van der Waals surface area contributed by atoms with E-state index in [0.717, 1.165) is 16.6 Å². The minimum Gasteiger partial charge on any atom is -0.457 e. The van der Waals surface area contributed by atoms with Crippen molar-refractivity contribution in [1.29, 1.82) is 0 Å². The molecule has 6 heteroatoms. The van der Waals surface area contributed by atoms with Crippen molar-refractivity contribution in [2.75, 3.05) is 0 Å².